The molecule has 2 aromatic carbocycles. The van der Waals surface area contributed by atoms with E-state index < -0.39 is 0 Å². The van der Waals surface area contributed by atoms with Crippen LogP contribution in [0.5, 0.6) is 5.75 Å². The number of pyridine rings is 1. The van der Waals surface area contributed by atoms with Crippen LogP contribution in [0.15, 0.2) is 84.0 Å². The Morgan fingerprint density at radius 1 is 0.933 bits per heavy atom. The monoisotopic (exact) mass is 429 g/mol. The second-order valence-electron chi connectivity index (χ2n) is 7.01. The molecular formula is C24H19N3OS2. The van der Waals surface area contributed by atoms with E-state index in [2.05, 4.69) is 45.9 Å². The number of nitrogens with zero attached hydrogens (tertiary/aromatic N) is 3. The van der Waals surface area contributed by atoms with Gasteiger partial charge in [-0.1, -0.05) is 30.3 Å². The van der Waals surface area contributed by atoms with Crippen molar-refractivity contribution >= 4 is 28.4 Å². The Morgan fingerprint density at radius 3 is 2.47 bits per heavy atom. The molecule has 0 fully saturated rings. The zero-order valence-electron chi connectivity index (χ0n) is 16.2. The number of para-hydroxylation sites is 1. The molecule has 3 heterocycles. The number of ether oxygens (including phenoxy) is 1. The molecule has 0 N–H and O–H groups in total. The highest BCUT2D eigenvalue weighted by atomic mass is 32.2. The van der Waals surface area contributed by atoms with Crippen molar-refractivity contribution in [1.82, 2.24) is 14.5 Å². The van der Waals surface area contributed by atoms with Crippen molar-refractivity contribution in [2.45, 2.75) is 24.3 Å². The van der Waals surface area contributed by atoms with Gasteiger partial charge in [-0.2, -0.15) is 0 Å². The van der Waals surface area contributed by atoms with Crippen molar-refractivity contribution in [2.24, 2.45) is 0 Å². The summed E-state index contributed by atoms with van der Waals surface area (Å²) in [6.45, 7) is 1.01. The van der Waals surface area contributed by atoms with Gasteiger partial charge in [-0.05, 0) is 66.8 Å². The largest absolute Gasteiger partial charge is 0.439 e. The third kappa shape index (κ3) is 3.88. The van der Waals surface area contributed by atoms with E-state index in [0.717, 1.165) is 52.7 Å². The smallest absolute Gasteiger partial charge is 0.230 e. The highest BCUT2D eigenvalue weighted by Gasteiger charge is 2.23. The minimum atomic E-state index is 0.479. The van der Waals surface area contributed by atoms with Gasteiger partial charge in [-0.25, -0.2) is 4.98 Å². The molecule has 0 aliphatic carbocycles. The van der Waals surface area contributed by atoms with Crippen LogP contribution in [-0.4, -0.2) is 18.9 Å². The second kappa shape index (κ2) is 8.42. The summed E-state index contributed by atoms with van der Waals surface area (Å²) in [5.74, 6) is 1.91. The molecule has 0 saturated carbocycles. The average molecular weight is 430 g/mol. The fourth-order valence-corrected chi connectivity index (χ4v) is 4.70. The van der Waals surface area contributed by atoms with E-state index in [0.29, 0.717) is 4.38 Å². The molecule has 0 radical (unpaired) electrons. The molecule has 4 aromatic rings. The summed E-state index contributed by atoms with van der Waals surface area (Å²) in [5, 5.41) is 0. The zero-order valence-corrected chi connectivity index (χ0v) is 17.8. The maximum absolute atomic E-state index is 5.72. The first-order valence-electron chi connectivity index (χ1n) is 9.83. The summed E-state index contributed by atoms with van der Waals surface area (Å²) >= 11 is 6.83. The number of thiocarbonyl (C=S) groups is 1. The zero-order chi connectivity index (χ0) is 20.3. The molecule has 4 nitrogen and oxygen atoms in total. The fourth-order valence-electron chi connectivity index (χ4n) is 3.71. The Bertz CT molecular complexity index is 1170. The molecule has 148 valence electrons. The third-order valence-electron chi connectivity index (χ3n) is 5.06. The van der Waals surface area contributed by atoms with Gasteiger partial charge in [0.05, 0.1) is 11.4 Å². The van der Waals surface area contributed by atoms with Gasteiger partial charge in [0.25, 0.3) is 0 Å². The van der Waals surface area contributed by atoms with E-state index >= 15 is 0 Å². The number of aryl methyl sites for hydroxylation is 1. The van der Waals surface area contributed by atoms with Gasteiger partial charge >= 0.3 is 0 Å². The second-order valence-corrected chi connectivity index (χ2v) is 8.68. The van der Waals surface area contributed by atoms with Crippen LogP contribution in [0.3, 0.4) is 0 Å². The Balaban J connectivity index is 1.39. The van der Waals surface area contributed by atoms with Crippen molar-refractivity contribution in [2.75, 3.05) is 0 Å². The molecule has 0 amide bonds. The number of imidazole rings is 1. The number of thioether (sulfide) groups is 1. The van der Waals surface area contributed by atoms with E-state index in [1.54, 1.807) is 0 Å². The lowest BCUT2D eigenvalue weighted by molar-refractivity contribution is 0.579. The topological polar surface area (TPSA) is 39.9 Å². The van der Waals surface area contributed by atoms with Crippen molar-refractivity contribution in [3.63, 3.8) is 0 Å². The van der Waals surface area contributed by atoms with Gasteiger partial charge in [0.15, 0.2) is 0 Å². The van der Waals surface area contributed by atoms with Gasteiger partial charge < -0.3 is 9.30 Å². The lowest BCUT2D eigenvalue weighted by atomic mass is 10.1. The Hall–Kier alpha value is -2.96. The quantitative estimate of drug-likeness (QED) is 0.293. The van der Waals surface area contributed by atoms with Crippen molar-refractivity contribution in [1.29, 1.82) is 0 Å². The predicted molar refractivity (Wildman–Crippen MR) is 125 cm³/mol. The minimum absolute atomic E-state index is 0.479. The lowest BCUT2D eigenvalue weighted by Gasteiger charge is -2.09. The molecule has 1 aliphatic rings. The number of hydrogen-bond donors (Lipinski definition) is 0. The molecule has 0 unspecified atom stereocenters. The van der Waals surface area contributed by atoms with Gasteiger partial charge in [-0.15, -0.1) is 0 Å². The lowest BCUT2D eigenvalue weighted by Crippen LogP contribution is -1.99. The first-order chi connectivity index (χ1) is 14.8. The van der Waals surface area contributed by atoms with E-state index in [9.17, 15) is 0 Å². The Labute approximate surface area is 185 Å². The molecule has 6 heteroatoms. The van der Waals surface area contributed by atoms with E-state index in [-0.39, 0.29) is 0 Å². The first-order valence-corrected chi connectivity index (χ1v) is 11.1. The molecule has 1 aliphatic heterocycles. The molecule has 5 rings (SSSR count). The molecule has 0 bridgehead atoms. The molecule has 0 atom stereocenters. The molecule has 30 heavy (non-hydrogen) atoms. The van der Waals surface area contributed by atoms with Crippen LogP contribution in [0, 0.1) is 0 Å². The summed E-state index contributed by atoms with van der Waals surface area (Å²) in [6.07, 6.45) is 5.84. The molecule has 0 saturated heterocycles. The van der Waals surface area contributed by atoms with Gasteiger partial charge in [0, 0.05) is 41.4 Å². The summed E-state index contributed by atoms with van der Waals surface area (Å²) in [4.78, 5) is 10.2. The van der Waals surface area contributed by atoms with Crippen molar-refractivity contribution in [3.8, 4) is 28.3 Å². The SMILES string of the molecule is S=C(Oc1ccccc1)Sc1ccc(-c2nc3n(c2-c2ccncc2)CCC3)cc1. The fraction of sp³-hybridized carbons (Fsp3) is 0.125. The highest BCUT2D eigenvalue weighted by Crippen LogP contribution is 2.36. The van der Waals surface area contributed by atoms with Crippen LogP contribution in [0.25, 0.3) is 22.5 Å². The Morgan fingerprint density at radius 2 is 1.70 bits per heavy atom. The van der Waals surface area contributed by atoms with E-state index in [1.165, 1.54) is 17.5 Å². The van der Waals surface area contributed by atoms with E-state index in [4.69, 9.17) is 21.9 Å². The maximum Gasteiger partial charge on any atom is 0.230 e. The van der Waals surface area contributed by atoms with E-state index in [1.807, 2.05) is 42.7 Å². The third-order valence-corrected chi connectivity index (χ3v) is 6.15. The highest BCUT2D eigenvalue weighted by molar-refractivity contribution is 8.22. The normalized spacial score (nSPS) is 12.5. The predicted octanol–water partition coefficient (Wildman–Crippen LogP) is 6.01. The van der Waals surface area contributed by atoms with Crippen LogP contribution in [0.1, 0.15) is 12.2 Å². The summed E-state index contributed by atoms with van der Waals surface area (Å²) in [5.41, 5.74) is 4.45. The molecular weight excluding hydrogens is 410 g/mol. The average Bonchev–Trinajstić information content (AvgIpc) is 3.37. The standard InChI is InChI=1S/C24H19N3OS2/c29-24(28-19-5-2-1-3-6-19)30-20-10-8-17(9-11-20)22-23(18-12-14-25-15-13-18)27-16-4-7-21(27)26-22/h1-3,5-6,8-15H,4,7,16H2. The van der Waals surface area contributed by atoms with Crippen LogP contribution < -0.4 is 4.74 Å². The minimum Gasteiger partial charge on any atom is -0.439 e. The molecule has 2 aromatic heterocycles. The maximum atomic E-state index is 5.72. The number of fused-ring (bicyclic) bond motifs is 1. The van der Waals surface area contributed by atoms with Gasteiger partial charge in [0.1, 0.15) is 11.6 Å². The molecule has 0 spiro atoms. The van der Waals surface area contributed by atoms with Crippen molar-refractivity contribution < 1.29 is 4.74 Å². The van der Waals surface area contributed by atoms with Crippen LogP contribution in [0.4, 0.5) is 0 Å². The summed E-state index contributed by atoms with van der Waals surface area (Å²) in [6, 6.07) is 22.1. The first kappa shape index (κ1) is 19.0. The van der Waals surface area contributed by atoms with Crippen molar-refractivity contribution in [3.05, 3.63) is 84.9 Å². The van der Waals surface area contributed by atoms with Crippen LogP contribution in [-0.2, 0) is 13.0 Å². The number of rotatable bonds is 4. The van der Waals surface area contributed by atoms with Crippen LogP contribution >= 0.6 is 24.0 Å². The number of benzene rings is 2. The summed E-state index contributed by atoms with van der Waals surface area (Å²) in [7, 11) is 0. The number of aromatic nitrogens is 3. The summed E-state index contributed by atoms with van der Waals surface area (Å²) < 4.78 is 8.55. The van der Waals surface area contributed by atoms with Gasteiger partial charge in [0.2, 0.25) is 4.38 Å². The Kier molecular flexibility index (Phi) is 5.34. The van der Waals surface area contributed by atoms with Gasteiger partial charge in [-0.3, -0.25) is 4.98 Å². The number of hydrogen-bond acceptors (Lipinski definition) is 5. The van der Waals surface area contributed by atoms with Crippen LogP contribution in [0.2, 0.25) is 0 Å².